The molecule has 0 saturated heterocycles. The zero-order chi connectivity index (χ0) is 17.9. The van der Waals surface area contributed by atoms with Crippen molar-refractivity contribution in [3.63, 3.8) is 0 Å². The lowest BCUT2D eigenvalue weighted by molar-refractivity contribution is 0.0153. The molecule has 0 bridgehead atoms. The van der Waals surface area contributed by atoms with Crippen LogP contribution in [0.3, 0.4) is 0 Å². The summed E-state index contributed by atoms with van der Waals surface area (Å²) in [5.41, 5.74) is 0. The van der Waals surface area contributed by atoms with Crippen LogP contribution in [0.4, 0.5) is 0 Å². The summed E-state index contributed by atoms with van der Waals surface area (Å²) < 4.78 is 5.87. The second kappa shape index (κ2) is 12.2. The van der Waals surface area contributed by atoms with Crippen molar-refractivity contribution in [3.05, 3.63) is 12.7 Å². The topological polar surface area (TPSA) is 9.23 Å². The van der Waals surface area contributed by atoms with Crippen molar-refractivity contribution < 1.29 is 4.74 Å². The fourth-order valence-corrected chi connectivity index (χ4v) is 5.43. The average Bonchev–Trinajstić information content (AvgIpc) is 2.66. The molecule has 0 radical (unpaired) electrons. The molecule has 0 aromatic carbocycles. The Hall–Kier alpha value is -0.300. The molecule has 0 amide bonds. The summed E-state index contributed by atoms with van der Waals surface area (Å²) in [7, 11) is 0. The van der Waals surface area contributed by atoms with Gasteiger partial charge in [0.15, 0.2) is 0 Å². The molecule has 1 unspecified atom stereocenters. The van der Waals surface area contributed by atoms with Crippen LogP contribution in [-0.2, 0) is 4.74 Å². The SMILES string of the molecule is C=CCOC(C)[C@H]1CC[C@H](C2CCC(CCCCCCC)CC2)CC1. The van der Waals surface area contributed by atoms with E-state index in [2.05, 4.69) is 20.4 Å². The van der Waals surface area contributed by atoms with Crippen molar-refractivity contribution in [3.8, 4) is 0 Å². The minimum atomic E-state index is 0.419. The number of unbranched alkanes of at least 4 members (excludes halogenated alkanes) is 4. The van der Waals surface area contributed by atoms with Crippen LogP contribution in [-0.4, -0.2) is 12.7 Å². The highest BCUT2D eigenvalue weighted by atomic mass is 16.5. The van der Waals surface area contributed by atoms with Crippen LogP contribution in [0.15, 0.2) is 12.7 Å². The lowest BCUT2D eigenvalue weighted by Crippen LogP contribution is -2.30. The molecular weight excluding hydrogens is 304 g/mol. The van der Waals surface area contributed by atoms with Crippen molar-refractivity contribution in [2.75, 3.05) is 6.61 Å². The molecule has 25 heavy (non-hydrogen) atoms. The number of hydrogen-bond donors (Lipinski definition) is 0. The van der Waals surface area contributed by atoms with Gasteiger partial charge in [-0.1, -0.05) is 64.4 Å². The van der Waals surface area contributed by atoms with E-state index < -0.39 is 0 Å². The van der Waals surface area contributed by atoms with Gasteiger partial charge in [-0.25, -0.2) is 0 Å². The van der Waals surface area contributed by atoms with Crippen LogP contribution < -0.4 is 0 Å². The average molecular weight is 349 g/mol. The monoisotopic (exact) mass is 348 g/mol. The van der Waals surface area contributed by atoms with Gasteiger partial charge in [-0.15, -0.1) is 6.58 Å². The van der Waals surface area contributed by atoms with Gasteiger partial charge < -0.3 is 4.74 Å². The highest BCUT2D eigenvalue weighted by Crippen LogP contribution is 2.43. The normalized spacial score (nSPS) is 31.6. The summed E-state index contributed by atoms with van der Waals surface area (Å²) in [5, 5.41) is 0. The Morgan fingerprint density at radius 2 is 1.48 bits per heavy atom. The molecule has 0 heterocycles. The minimum Gasteiger partial charge on any atom is -0.374 e. The van der Waals surface area contributed by atoms with E-state index in [9.17, 15) is 0 Å². The third-order valence-electron chi connectivity index (χ3n) is 7.23. The zero-order valence-electron chi connectivity index (χ0n) is 17.2. The summed E-state index contributed by atoms with van der Waals surface area (Å²) in [6.45, 7) is 9.05. The van der Waals surface area contributed by atoms with E-state index in [1.54, 1.807) is 0 Å². The lowest BCUT2D eigenvalue weighted by atomic mass is 9.68. The van der Waals surface area contributed by atoms with E-state index in [0.717, 1.165) is 23.7 Å². The van der Waals surface area contributed by atoms with Gasteiger partial charge in [0.25, 0.3) is 0 Å². The molecule has 0 aromatic rings. The highest BCUT2D eigenvalue weighted by Gasteiger charge is 2.32. The summed E-state index contributed by atoms with van der Waals surface area (Å²) >= 11 is 0. The lowest BCUT2D eigenvalue weighted by Gasteiger charge is -2.39. The van der Waals surface area contributed by atoms with Gasteiger partial charge in [-0.05, 0) is 69.1 Å². The maximum atomic E-state index is 5.87. The van der Waals surface area contributed by atoms with Gasteiger partial charge >= 0.3 is 0 Å². The fourth-order valence-electron chi connectivity index (χ4n) is 5.43. The van der Waals surface area contributed by atoms with E-state index in [-0.39, 0.29) is 0 Å². The van der Waals surface area contributed by atoms with Crippen LogP contribution in [0.5, 0.6) is 0 Å². The molecule has 1 atom stereocenters. The van der Waals surface area contributed by atoms with Crippen molar-refractivity contribution in [2.45, 2.75) is 110 Å². The van der Waals surface area contributed by atoms with Gasteiger partial charge in [-0.2, -0.15) is 0 Å². The molecule has 2 fully saturated rings. The van der Waals surface area contributed by atoms with E-state index in [1.165, 1.54) is 89.9 Å². The molecule has 1 nitrogen and oxygen atoms in total. The number of rotatable bonds is 11. The zero-order valence-corrected chi connectivity index (χ0v) is 17.2. The Balaban J connectivity index is 1.58. The molecule has 0 spiro atoms. The Kier molecular flexibility index (Phi) is 10.2. The van der Waals surface area contributed by atoms with E-state index in [0.29, 0.717) is 12.7 Å². The van der Waals surface area contributed by atoms with Crippen LogP contribution in [0, 0.1) is 23.7 Å². The summed E-state index contributed by atoms with van der Waals surface area (Å²) in [4.78, 5) is 0. The van der Waals surface area contributed by atoms with E-state index >= 15 is 0 Å². The van der Waals surface area contributed by atoms with Crippen molar-refractivity contribution in [2.24, 2.45) is 23.7 Å². The molecule has 2 saturated carbocycles. The third-order valence-corrected chi connectivity index (χ3v) is 7.23. The van der Waals surface area contributed by atoms with Crippen LogP contribution in [0.25, 0.3) is 0 Å². The Labute approximate surface area is 158 Å². The number of ether oxygens (including phenoxy) is 1. The third kappa shape index (κ3) is 7.45. The second-order valence-corrected chi connectivity index (χ2v) is 8.99. The summed E-state index contributed by atoms with van der Waals surface area (Å²) in [6, 6.07) is 0. The van der Waals surface area contributed by atoms with E-state index in [4.69, 9.17) is 4.74 Å². The van der Waals surface area contributed by atoms with Gasteiger partial charge in [0.1, 0.15) is 0 Å². The van der Waals surface area contributed by atoms with Gasteiger partial charge in [0.2, 0.25) is 0 Å². The summed E-state index contributed by atoms with van der Waals surface area (Å²) in [5.74, 6) is 3.91. The summed E-state index contributed by atoms with van der Waals surface area (Å²) in [6.07, 6.45) is 22.8. The molecule has 0 N–H and O–H groups in total. The van der Waals surface area contributed by atoms with Crippen molar-refractivity contribution in [1.29, 1.82) is 0 Å². The smallest absolute Gasteiger partial charge is 0.0648 e. The van der Waals surface area contributed by atoms with Crippen LogP contribution >= 0.6 is 0 Å². The van der Waals surface area contributed by atoms with Gasteiger partial charge in [0, 0.05) is 0 Å². The first-order chi connectivity index (χ1) is 12.2. The highest BCUT2D eigenvalue weighted by molar-refractivity contribution is 4.84. The quantitative estimate of drug-likeness (QED) is 0.276. The molecule has 1 heteroatoms. The first-order valence-corrected chi connectivity index (χ1v) is 11.5. The fraction of sp³-hybridized carbons (Fsp3) is 0.917. The molecule has 2 aliphatic carbocycles. The van der Waals surface area contributed by atoms with Crippen LogP contribution in [0.2, 0.25) is 0 Å². The van der Waals surface area contributed by atoms with Crippen molar-refractivity contribution >= 4 is 0 Å². The van der Waals surface area contributed by atoms with Gasteiger partial charge in [-0.3, -0.25) is 0 Å². The molecular formula is C24H44O. The van der Waals surface area contributed by atoms with Gasteiger partial charge in [0.05, 0.1) is 12.7 Å². The molecule has 2 rings (SSSR count). The van der Waals surface area contributed by atoms with E-state index in [1.807, 2.05) is 6.08 Å². The Morgan fingerprint density at radius 1 is 0.880 bits per heavy atom. The molecule has 0 aliphatic heterocycles. The van der Waals surface area contributed by atoms with Crippen molar-refractivity contribution in [1.82, 2.24) is 0 Å². The largest absolute Gasteiger partial charge is 0.374 e. The Morgan fingerprint density at radius 3 is 2.08 bits per heavy atom. The predicted octanol–water partition coefficient (Wildman–Crippen LogP) is 7.55. The minimum absolute atomic E-state index is 0.419. The number of hydrogen-bond acceptors (Lipinski definition) is 1. The molecule has 0 aromatic heterocycles. The Bertz CT molecular complexity index is 334. The van der Waals surface area contributed by atoms with Crippen LogP contribution in [0.1, 0.15) is 104 Å². The predicted molar refractivity (Wildman–Crippen MR) is 110 cm³/mol. The molecule has 146 valence electrons. The standard InChI is InChI=1S/C24H44O/c1-4-6-7-8-9-10-21-11-13-23(14-12-21)24-17-15-22(16-18-24)20(3)25-19-5-2/h5,20-24H,2,4,6-19H2,1,3H3/t20?,21?,22-,23?,24-. The second-order valence-electron chi connectivity index (χ2n) is 8.99. The maximum Gasteiger partial charge on any atom is 0.0648 e. The first-order valence-electron chi connectivity index (χ1n) is 11.5. The molecule has 2 aliphatic rings. The maximum absolute atomic E-state index is 5.87. The first kappa shape index (κ1) is 21.0.